The molecule has 0 bridgehead atoms. The van der Waals surface area contributed by atoms with Crippen molar-refractivity contribution in [3.05, 3.63) is 52.6 Å². The molecule has 1 saturated carbocycles. The van der Waals surface area contributed by atoms with Gasteiger partial charge in [-0.2, -0.15) is 8.78 Å². The first-order valence-corrected chi connectivity index (χ1v) is 14.3. The molecule has 1 aliphatic carbocycles. The van der Waals surface area contributed by atoms with Gasteiger partial charge >= 0.3 is 6.05 Å². The summed E-state index contributed by atoms with van der Waals surface area (Å²) in [6.07, 6.45) is 1.58. The summed E-state index contributed by atoms with van der Waals surface area (Å²) in [6.45, 7) is 4.71. The van der Waals surface area contributed by atoms with E-state index in [9.17, 15) is 22.0 Å². The molecule has 0 radical (unpaired) electrons. The average molecular weight is 536 g/mol. The third kappa shape index (κ3) is 5.44. The zero-order chi connectivity index (χ0) is 26.5. The van der Waals surface area contributed by atoms with E-state index >= 15 is 0 Å². The number of carbonyl (C=O) groups excluding carboxylic acids is 1. The van der Waals surface area contributed by atoms with E-state index in [1.54, 1.807) is 4.90 Å². The molecular weight excluding hydrogens is 504 g/mol. The Labute approximate surface area is 215 Å². The second-order valence-electron chi connectivity index (χ2n) is 10.1. The van der Waals surface area contributed by atoms with E-state index in [1.807, 2.05) is 0 Å². The highest BCUT2D eigenvalue weighted by Gasteiger charge is 2.36. The van der Waals surface area contributed by atoms with E-state index in [0.717, 1.165) is 50.2 Å². The van der Waals surface area contributed by atoms with Crippen LogP contribution in [0.5, 0.6) is 5.75 Å². The molecule has 8 nitrogen and oxygen atoms in total. The van der Waals surface area contributed by atoms with Crippen LogP contribution in [0.15, 0.2) is 35.2 Å². The Morgan fingerprint density at radius 2 is 1.78 bits per heavy atom. The Morgan fingerprint density at radius 1 is 1.14 bits per heavy atom. The summed E-state index contributed by atoms with van der Waals surface area (Å²) in [4.78, 5) is 17.5. The first-order chi connectivity index (χ1) is 17.4. The van der Waals surface area contributed by atoms with Gasteiger partial charge in [-0.15, -0.1) is 0 Å². The fraction of sp³-hybridized carbons (Fsp3) is 0.500. The van der Waals surface area contributed by atoms with Crippen molar-refractivity contribution in [3.8, 4) is 5.75 Å². The summed E-state index contributed by atoms with van der Waals surface area (Å²) >= 11 is 0. The maximum absolute atomic E-state index is 13.7. The van der Waals surface area contributed by atoms with Gasteiger partial charge in [0.2, 0.25) is 0 Å². The van der Waals surface area contributed by atoms with E-state index in [1.165, 1.54) is 29.4 Å². The molecule has 37 heavy (non-hydrogen) atoms. The van der Waals surface area contributed by atoms with Crippen LogP contribution in [0.2, 0.25) is 0 Å². The van der Waals surface area contributed by atoms with Gasteiger partial charge in [-0.3, -0.25) is 10.5 Å². The summed E-state index contributed by atoms with van der Waals surface area (Å²) in [6, 6.07) is 4.35. The van der Waals surface area contributed by atoms with E-state index in [0.29, 0.717) is 32.2 Å². The smallest absolute Gasteiger partial charge is 0.336 e. The first kappa shape index (κ1) is 25.9. The molecule has 5 rings (SSSR count). The van der Waals surface area contributed by atoms with Gasteiger partial charge < -0.3 is 19.3 Å². The minimum Gasteiger partial charge on any atom is -0.482 e. The predicted octanol–water partition coefficient (Wildman–Crippen LogP) is 3.28. The van der Waals surface area contributed by atoms with Gasteiger partial charge in [-0.1, -0.05) is 6.07 Å². The number of nitrogens with two attached hydrogens (primary N) is 1. The maximum atomic E-state index is 13.7. The van der Waals surface area contributed by atoms with Crippen molar-refractivity contribution >= 4 is 21.4 Å². The molecule has 1 saturated heterocycles. The second-order valence-corrected chi connectivity index (χ2v) is 12.1. The lowest BCUT2D eigenvalue weighted by Gasteiger charge is -2.31. The summed E-state index contributed by atoms with van der Waals surface area (Å²) in [5.74, 6) is -0.123. The number of ether oxygens (including phenoxy) is 2. The fourth-order valence-corrected chi connectivity index (χ4v) is 5.50. The molecule has 1 amide bonds. The molecule has 200 valence electrons. The topological polar surface area (TPSA) is 102 Å². The number of amides is 1. The molecule has 2 aromatic carbocycles. The molecule has 0 unspecified atom stereocenters. The summed E-state index contributed by atoms with van der Waals surface area (Å²) in [5.41, 5.74) is 9.32. The lowest BCUT2D eigenvalue weighted by atomic mass is 10.00. The van der Waals surface area contributed by atoms with Gasteiger partial charge in [-0.05, 0) is 66.6 Å². The largest absolute Gasteiger partial charge is 0.482 e. The molecule has 2 N–H and O–H groups in total. The van der Waals surface area contributed by atoms with Crippen molar-refractivity contribution in [2.45, 2.75) is 55.8 Å². The predicted molar refractivity (Wildman–Crippen MR) is 134 cm³/mol. The van der Waals surface area contributed by atoms with Gasteiger partial charge in [0.15, 0.2) is 15.9 Å². The van der Waals surface area contributed by atoms with Crippen molar-refractivity contribution in [1.29, 1.82) is 0 Å². The van der Waals surface area contributed by atoms with E-state index in [-0.39, 0.29) is 16.2 Å². The van der Waals surface area contributed by atoms with Crippen LogP contribution in [0.4, 0.5) is 14.5 Å². The van der Waals surface area contributed by atoms with Gasteiger partial charge in [0.1, 0.15) is 5.75 Å². The highest BCUT2D eigenvalue weighted by molar-refractivity contribution is 7.90. The number of hydrogen-bond acceptors (Lipinski definition) is 7. The number of alkyl halides is 2. The van der Waals surface area contributed by atoms with Crippen LogP contribution >= 0.6 is 0 Å². The van der Waals surface area contributed by atoms with Gasteiger partial charge in [0.05, 0.1) is 23.7 Å². The molecule has 2 aliphatic heterocycles. The number of rotatable bonds is 7. The standard InChI is InChI=1S/C26H31F2N3O5S/c1-16(26(27,28)29)36-24-6-5-20(37(2,33)34)13-22(24)25(32)31-14-18-11-21(17-3-4-17)23(12-19(18)15-31)30-7-9-35-10-8-30/h5-6,11-13,16-17H,3-4,7-10,14-15,29H2,1-2H3/t16-/m0/s1. The normalized spacial score (nSPS) is 19.1. The van der Waals surface area contributed by atoms with Gasteiger partial charge in [0.25, 0.3) is 5.91 Å². The van der Waals surface area contributed by atoms with Crippen LogP contribution in [-0.2, 0) is 27.7 Å². The van der Waals surface area contributed by atoms with Crippen LogP contribution in [0, 0.1) is 0 Å². The van der Waals surface area contributed by atoms with Crippen molar-refractivity contribution in [2.24, 2.45) is 5.73 Å². The minimum absolute atomic E-state index is 0.0948. The van der Waals surface area contributed by atoms with E-state index in [4.69, 9.17) is 15.2 Å². The number of hydrogen-bond donors (Lipinski definition) is 1. The number of carbonyl (C=O) groups is 1. The maximum Gasteiger partial charge on any atom is 0.336 e. The van der Waals surface area contributed by atoms with Crippen molar-refractivity contribution in [1.82, 2.24) is 4.90 Å². The number of sulfone groups is 1. The summed E-state index contributed by atoms with van der Waals surface area (Å²) in [5, 5.41) is 0. The number of halogens is 2. The van der Waals surface area contributed by atoms with E-state index < -0.39 is 27.9 Å². The highest BCUT2D eigenvalue weighted by Crippen LogP contribution is 2.46. The Morgan fingerprint density at radius 3 is 2.38 bits per heavy atom. The average Bonchev–Trinajstić information content (AvgIpc) is 3.61. The number of fused-ring (bicyclic) bond motifs is 1. The quantitative estimate of drug-likeness (QED) is 0.543. The Bertz CT molecular complexity index is 1320. The number of nitrogens with zero attached hydrogens (tertiary/aromatic N) is 2. The summed E-state index contributed by atoms with van der Waals surface area (Å²) < 4.78 is 62.5. The monoisotopic (exact) mass is 535 g/mol. The SMILES string of the molecule is C[C@H](Oc1ccc(S(C)(=O)=O)cc1C(=O)N1Cc2cc(C3CC3)c(N3CCOCC3)cc2C1)C(N)(F)F. The Kier molecular flexibility index (Phi) is 6.66. The van der Waals surface area contributed by atoms with Gasteiger partial charge in [-0.25, -0.2) is 8.42 Å². The first-order valence-electron chi connectivity index (χ1n) is 12.4. The fourth-order valence-electron chi connectivity index (χ4n) is 4.85. The van der Waals surface area contributed by atoms with Crippen LogP contribution in [0.3, 0.4) is 0 Å². The highest BCUT2D eigenvalue weighted by atomic mass is 32.2. The molecule has 3 aliphatic rings. The zero-order valence-electron chi connectivity index (χ0n) is 20.9. The van der Waals surface area contributed by atoms with Crippen LogP contribution in [-0.4, -0.2) is 63.9 Å². The molecule has 1 atom stereocenters. The van der Waals surface area contributed by atoms with Crippen molar-refractivity contribution < 1.29 is 31.5 Å². The Hall–Kier alpha value is -2.76. The minimum atomic E-state index is -3.65. The van der Waals surface area contributed by atoms with Crippen LogP contribution in [0.25, 0.3) is 0 Å². The lowest BCUT2D eigenvalue weighted by molar-refractivity contribution is -0.0825. The molecule has 0 aromatic heterocycles. The number of anilines is 1. The molecular formula is C26H31F2N3O5S. The van der Waals surface area contributed by atoms with Crippen molar-refractivity contribution in [2.75, 3.05) is 37.5 Å². The zero-order valence-corrected chi connectivity index (χ0v) is 21.7. The molecule has 2 aromatic rings. The van der Waals surface area contributed by atoms with Crippen molar-refractivity contribution in [3.63, 3.8) is 0 Å². The molecule has 2 fully saturated rings. The molecule has 0 spiro atoms. The summed E-state index contributed by atoms with van der Waals surface area (Å²) in [7, 11) is -3.65. The van der Waals surface area contributed by atoms with Crippen LogP contribution < -0.4 is 15.4 Å². The number of morpholine rings is 1. The van der Waals surface area contributed by atoms with Gasteiger partial charge in [0, 0.05) is 38.1 Å². The third-order valence-electron chi connectivity index (χ3n) is 7.18. The van der Waals surface area contributed by atoms with E-state index in [2.05, 4.69) is 17.0 Å². The van der Waals surface area contributed by atoms with Crippen LogP contribution in [0.1, 0.15) is 52.7 Å². The molecule has 2 heterocycles. The third-order valence-corrected chi connectivity index (χ3v) is 8.29. The number of benzene rings is 2. The lowest BCUT2D eigenvalue weighted by Crippen LogP contribution is -2.44. The molecule has 11 heteroatoms. The second kappa shape index (κ2) is 9.52. The Balaban J connectivity index is 1.46.